The highest BCUT2D eigenvalue weighted by molar-refractivity contribution is 7.92. The fourth-order valence-electron chi connectivity index (χ4n) is 4.36. The molecule has 4 rings (SSSR count). The lowest BCUT2D eigenvalue weighted by Gasteiger charge is -2.30. The van der Waals surface area contributed by atoms with Crippen molar-refractivity contribution < 1.29 is 17.2 Å². The van der Waals surface area contributed by atoms with Crippen LogP contribution >= 0.6 is 0 Å². The Bertz CT molecular complexity index is 1220. The maximum Gasteiger partial charge on any atom is 0.261 e. The zero-order valence-electron chi connectivity index (χ0n) is 22.0. The lowest BCUT2D eigenvalue weighted by atomic mass is 9.99. The van der Waals surface area contributed by atoms with Crippen molar-refractivity contribution in [3.63, 3.8) is 0 Å². The summed E-state index contributed by atoms with van der Waals surface area (Å²) in [5.74, 6) is 0.284. The molecule has 0 spiro atoms. The van der Waals surface area contributed by atoms with Crippen molar-refractivity contribution in [1.29, 1.82) is 0 Å². The maximum absolute atomic E-state index is 12.9. The molecule has 4 nitrogen and oxygen atoms in total. The van der Waals surface area contributed by atoms with Crippen LogP contribution in [0.25, 0.3) is 0 Å². The molecule has 37 heavy (non-hydrogen) atoms. The topological polar surface area (TPSA) is 49.4 Å². The van der Waals surface area contributed by atoms with Crippen LogP contribution in [0, 0.1) is 24.5 Å². The second kappa shape index (κ2) is 13.7. The van der Waals surface area contributed by atoms with Gasteiger partial charge in [0, 0.05) is 12.2 Å². The second-order valence-corrected chi connectivity index (χ2v) is 11.5. The van der Waals surface area contributed by atoms with Crippen LogP contribution in [0.1, 0.15) is 49.8 Å². The minimum Gasteiger partial charge on any atom is -0.303 e. The molecule has 200 valence electrons. The van der Waals surface area contributed by atoms with E-state index in [4.69, 9.17) is 0 Å². The smallest absolute Gasteiger partial charge is 0.261 e. The molecule has 1 fully saturated rings. The van der Waals surface area contributed by atoms with Crippen LogP contribution in [0.4, 0.5) is 14.5 Å². The first-order valence-corrected chi connectivity index (χ1v) is 14.5. The summed E-state index contributed by atoms with van der Waals surface area (Å²) in [6.45, 7) is 9.95. The van der Waals surface area contributed by atoms with Gasteiger partial charge in [0.2, 0.25) is 0 Å². The standard InChI is InChI=1S/C16H18FNO2S.C14H20FN/c1-3-4-13-5-8-15(11-12(13)2)18-21(19,20)16-9-6-14(17)7-10-16;1-12-6-9-16(10-7-12)11-8-13-2-4-14(15)5-3-13/h5-11,18H,3-4H2,1-2H3;2-5,12H,6-11H2,1H3. The fourth-order valence-corrected chi connectivity index (χ4v) is 5.41. The van der Waals surface area contributed by atoms with Crippen LogP contribution in [-0.4, -0.2) is 33.0 Å². The predicted octanol–water partition coefficient (Wildman–Crippen LogP) is 6.99. The Morgan fingerprint density at radius 1 is 0.892 bits per heavy atom. The number of piperidine rings is 1. The molecule has 0 unspecified atom stereocenters. The Morgan fingerprint density at radius 2 is 1.49 bits per heavy atom. The van der Waals surface area contributed by atoms with E-state index in [1.54, 1.807) is 18.2 Å². The van der Waals surface area contributed by atoms with E-state index < -0.39 is 15.8 Å². The lowest BCUT2D eigenvalue weighted by molar-refractivity contribution is 0.194. The normalized spacial score (nSPS) is 14.6. The van der Waals surface area contributed by atoms with E-state index in [9.17, 15) is 17.2 Å². The summed E-state index contributed by atoms with van der Waals surface area (Å²) >= 11 is 0. The second-order valence-electron chi connectivity index (χ2n) is 9.85. The van der Waals surface area contributed by atoms with Crippen molar-refractivity contribution in [3.05, 3.63) is 95.1 Å². The zero-order valence-corrected chi connectivity index (χ0v) is 22.8. The lowest BCUT2D eigenvalue weighted by Crippen LogP contribution is -2.34. The monoisotopic (exact) mass is 528 g/mol. The number of nitrogens with one attached hydrogen (secondary N) is 1. The third kappa shape index (κ3) is 9.24. The summed E-state index contributed by atoms with van der Waals surface area (Å²) in [5, 5.41) is 0. The minimum atomic E-state index is -3.69. The summed E-state index contributed by atoms with van der Waals surface area (Å²) in [7, 11) is -3.69. The Labute approximate surface area is 220 Å². The molecule has 0 bridgehead atoms. The van der Waals surface area contributed by atoms with Crippen molar-refractivity contribution in [2.75, 3.05) is 24.4 Å². The van der Waals surface area contributed by atoms with E-state index in [1.165, 1.54) is 49.2 Å². The first-order valence-electron chi connectivity index (χ1n) is 13.0. The van der Waals surface area contributed by atoms with E-state index in [0.717, 1.165) is 49.4 Å². The summed E-state index contributed by atoms with van der Waals surface area (Å²) in [4.78, 5) is 2.56. The van der Waals surface area contributed by atoms with Gasteiger partial charge in [0.25, 0.3) is 10.0 Å². The molecule has 7 heteroatoms. The Kier molecular flexibility index (Phi) is 10.6. The van der Waals surface area contributed by atoms with Gasteiger partial charge in [0.05, 0.1) is 4.90 Å². The van der Waals surface area contributed by atoms with Crippen molar-refractivity contribution in [2.45, 2.75) is 57.8 Å². The van der Waals surface area contributed by atoms with Crippen LogP contribution < -0.4 is 4.72 Å². The van der Waals surface area contributed by atoms with Crippen molar-refractivity contribution in [2.24, 2.45) is 5.92 Å². The quantitative estimate of drug-likeness (QED) is 0.343. The summed E-state index contributed by atoms with van der Waals surface area (Å²) < 4.78 is 52.5. The van der Waals surface area contributed by atoms with Gasteiger partial charge >= 0.3 is 0 Å². The van der Waals surface area contributed by atoms with Gasteiger partial charge in [-0.3, -0.25) is 4.72 Å². The number of anilines is 1. The van der Waals surface area contributed by atoms with Crippen LogP contribution in [0.15, 0.2) is 71.6 Å². The molecule has 1 aliphatic rings. The van der Waals surface area contributed by atoms with E-state index in [-0.39, 0.29) is 10.7 Å². The van der Waals surface area contributed by atoms with Gasteiger partial charge in [-0.2, -0.15) is 0 Å². The first kappa shape index (κ1) is 28.8. The molecule has 3 aromatic carbocycles. The number of benzene rings is 3. The Balaban J connectivity index is 0.000000213. The van der Waals surface area contributed by atoms with Gasteiger partial charge in [-0.05, 0) is 117 Å². The van der Waals surface area contributed by atoms with Gasteiger partial charge < -0.3 is 4.90 Å². The molecule has 0 aromatic heterocycles. The molecule has 1 aliphatic heterocycles. The molecule has 0 aliphatic carbocycles. The number of rotatable bonds is 8. The van der Waals surface area contributed by atoms with E-state index in [0.29, 0.717) is 5.69 Å². The number of nitrogens with zero attached hydrogens (tertiary/aromatic N) is 1. The number of hydrogen-bond acceptors (Lipinski definition) is 3. The zero-order chi connectivity index (χ0) is 26.8. The number of hydrogen-bond donors (Lipinski definition) is 1. The number of halogens is 2. The highest BCUT2D eigenvalue weighted by atomic mass is 32.2. The minimum absolute atomic E-state index is 0.0409. The molecule has 0 radical (unpaired) electrons. The molecular formula is C30H38F2N2O2S. The van der Waals surface area contributed by atoms with E-state index >= 15 is 0 Å². The Morgan fingerprint density at radius 3 is 2.05 bits per heavy atom. The maximum atomic E-state index is 12.9. The van der Waals surface area contributed by atoms with Crippen molar-refractivity contribution in [3.8, 4) is 0 Å². The Hall–Kier alpha value is -2.77. The van der Waals surface area contributed by atoms with Crippen LogP contribution in [-0.2, 0) is 22.9 Å². The fraction of sp³-hybridized carbons (Fsp3) is 0.400. The third-order valence-corrected chi connectivity index (χ3v) is 8.14. The molecule has 3 aromatic rings. The first-order chi connectivity index (χ1) is 17.7. The van der Waals surface area contributed by atoms with Gasteiger partial charge in [0.15, 0.2) is 0 Å². The molecular weight excluding hydrogens is 490 g/mol. The number of likely N-dealkylation sites (tertiary alicyclic amines) is 1. The van der Waals surface area contributed by atoms with Gasteiger partial charge in [0.1, 0.15) is 11.6 Å². The molecule has 0 atom stereocenters. The molecule has 1 saturated heterocycles. The molecule has 1 heterocycles. The van der Waals surface area contributed by atoms with Crippen LogP contribution in [0.3, 0.4) is 0 Å². The van der Waals surface area contributed by atoms with Crippen molar-refractivity contribution >= 4 is 15.7 Å². The molecule has 0 amide bonds. The third-order valence-electron chi connectivity index (χ3n) is 6.74. The van der Waals surface area contributed by atoms with Gasteiger partial charge in [-0.15, -0.1) is 0 Å². The average molecular weight is 529 g/mol. The van der Waals surface area contributed by atoms with E-state index in [2.05, 4.69) is 23.5 Å². The van der Waals surface area contributed by atoms with Crippen molar-refractivity contribution in [1.82, 2.24) is 4.90 Å². The highest BCUT2D eigenvalue weighted by Gasteiger charge is 2.15. The average Bonchev–Trinajstić information content (AvgIpc) is 2.87. The van der Waals surface area contributed by atoms with Gasteiger partial charge in [-0.25, -0.2) is 17.2 Å². The highest BCUT2D eigenvalue weighted by Crippen LogP contribution is 2.20. The van der Waals surface area contributed by atoms with E-state index in [1.807, 2.05) is 31.2 Å². The molecule has 1 N–H and O–H groups in total. The van der Waals surface area contributed by atoms with Crippen LogP contribution in [0.2, 0.25) is 0 Å². The van der Waals surface area contributed by atoms with Crippen LogP contribution in [0.5, 0.6) is 0 Å². The number of sulfonamides is 1. The summed E-state index contributed by atoms with van der Waals surface area (Å²) in [5.41, 5.74) is 4.01. The number of aryl methyl sites for hydroxylation is 2. The summed E-state index contributed by atoms with van der Waals surface area (Å²) in [6, 6.07) is 17.1. The summed E-state index contributed by atoms with van der Waals surface area (Å²) in [6.07, 6.45) is 5.69. The SMILES string of the molecule is CC1CCN(CCc2ccc(F)cc2)CC1.CCCc1ccc(NS(=O)(=O)c2ccc(F)cc2)cc1C. The van der Waals surface area contributed by atoms with Gasteiger partial charge in [-0.1, -0.05) is 38.5 Å². The largest absolute Gasteiger partial charge is 0.303 e. The predicted molar refractivity (Wildman–Crippen MR) is 147 cm³/mol. The molecule has 0 saturated carbocycles.